The van der Waals surface area contributed by atoms with Gasteiger partial charge in [-0.2, -0.15) is 0 Å². The highest BCUT2D eigenvalue weighted by atomic mass is 35.5. The number of nitrogens with one attached hydrogen (secondary N) is 2. The molecule has 116 valence electrons. The molecule has 1 amide bonds. The zero-order chi connectivity index (χ0) is 16.3. The Labute approximate surface area is 134 Å². The number of carbonyl (C=O) groups excluding carboxylic acids is 1. The van der Waals surface area contributed by atoms with E-state index in [0.717, 1.165) is 5.56 Å². The molecule has 0 fully saturated rings. The summed E-state index contributed by atoms with van der Waals surface area (Å²) < 4.78 is 25.5. The summed E-state index contributed by atoms with van der Waals surface area (Å²) in [7, 11) is -2.18. The Balaban J connectivity index is 2.22. The molecular formula is C15H15ClN2O3S. The molecule has 0 spiro atoms. The van der Waals surface area contributed by atoms with Gasteiger partial charge in [0.1, 0.15) is 0 Å². The van der Waals surface area contributed by atoms with Gasteiger partial charge in [0.25, 0.3) is 5.91 Å². The second-order valence-electron chi connectivity index (χ2n) is 4.60. The van der Waals surface area contributed by atoms with E-state index in [0.29, 0.717) is 16.3 Å². The Morgan fingerprint density at radius 1 is 1.09 bits per heavy atom. The van der Waals surface area contributed by atoms with Crippen molar-refractivity contribution in [3.05, 3.63) is 58.6 Å². The first-order chi connectivity index (χ1) is 10.3. The summed E-state index contributed by atoms with van der Waals surface area (Å²) in [5.74, 6) is -0.334. The lowest BCUT2D eigenvalue weighted by Crippen LogP contribution is -2.19. The highest BCUT2D eigenvalue weighted by molar-refractivity contribution is 7.89. The van der Waals surface area contributed by atoms with Crippen LogP contribution >= 0.6 is 11.6 Å². The van der Waals surface area contributed by atoms with Gasteiger partial charge in [0.15, 0.2) is 0 Å². The van der Waals surface area contributed by atoms with Crippen LogP contribution in [0.4, 0.5) is 5.69 Å². The Morgan fingerprint density at radius 2 is 1.73 bits per heavy atom. The first-order valence-electron chi connectivity index (χ1n) is 6.45. The second-order valence-corrected chi connectivity index (χ2v) is 6.89. The molecule has 0 aliphatic carbocycles. The van der Waals surface area contributed by atoms with E-state index in [2.05, 4.69) is 10.0 Å². The van der Waals surface area contributed by atoms with Crippen molar-refractivity contribution in [3.63, 3.8) is 0 Å². The number of hydrogen-bond donors (Lipinski definition) is 2. The van der Waals surface area contributed by atoms with E-state index >= 15 is 0 Å². The average molecular weight is 339 g/mol. The highest BCUT2D eigenvalue weighted by Gasteiger charge is 2.13. The van der Waals surface area contributed by atoms with Crippen LogP contribution in [0.25, 0.3) is 0 Å². The van der Waals surface area contributed by atoms with Crippen molar-refractivity contribution in [2.75, 3.05) is 12.4 Å². The van der Waals surface area contributed by atoms with Crippen molar-refractivity contribution in [3.8, 4) is 0 Å². The molecule has 0 radical (unpaired) electrons. The summed E-state index contributed by atoms with van der Waals surface area (Å²) in [5.41, 5.74) is 1.74. The first-order valence-corrected chi connectivity index (χ1v) is 8.31. The molecule has 2 aromatic rings. The number of sulfonamides is 1. The molecule has 0 heterocycles. The van der Waals surface area contributed by atoms with Crippen LogP contribution in [0.1, 0.15) is 15.9 Å². The normalized spacial score (nSPS) is 11.2. The predicted octanol–water partition coefficient (Wildman–Crippen LogP) is 2.81. The summed E-state index contributed by atoms with van der Waals surface area (Å²) in [4.78, 5) is 12.3. The molecule has 0 saturated carbocycles. The van der Waals surface area contributed by atoms with E-state index < -0.39 is 10.0 Å². The van der Waals surface area contributed by atoms with E-state index in [-0.39, 0.29) is 10.8 Å². The fourth-order valence-corrected chi connectivity index (χ4v) is 2.75. The fraction of sp³-hybridized carbons (Fsp3) is 0.133. The summed E-state index contributed by atoms with van der Waals surface area (Å²) in [6, 6.07) is 10.9. The van der Waals surface area contributed by atoms with Crippen LogP contribution in [0.2, 0.25) is 5.02 Å². The minimum absolute atomic E-state index is 0.102. The number of halogens is 1. The Hall–Kier alpha value is -1.89. The standard InChI is InChI=1S/C15H15ClN2O3S/c1-10-13(16)4-3-5-14(10)18-15(19)11-6-8-12(9-7-11)22(20,21)17-2/h3-9,17H,1-2H3,(H,18,19). The maximum atomic E-state index is 12.2. The lowest BCUT2D eigenvalue weighted by atomic mass is 10.1. The van der Waals surface area contributed by atoms with E-state index in [4.69, 9.17) is 11.6 Å². The van der Waals surface area contributed by atoms with Crippen LogP contribution in [-0.2, 0) is 10.0 Å². The molecule has 0 saturated heterocycles. The smallest absolute Gasteiger partial charge is 0.255 e. The molecule has 0 unspecified atom stereocenters. The summed E-state index contributed by atoms with van der Waals surface area (Å²) in [6.07, 6.45) is 0. The van der Waals surface area contributed by atoms with Gasteiger partial charge in [-0.1, -0.05) is 17.7 Å². The number of carbonyl (C=O) groups is 1. The molecule has 5 nitrogen and oxygen atoms in total. The number of anilines is 1. The van der Waals surface area contributed by atoms with Crippen LogP contribution in [-0.4, -0.2) is 21.4 Å². The van der Waals surface area contributed by atoms with Crippen molar-refractivity contribution in [1.82, 2.24) is 4.72 Å². The topological polar surface area (TPSA) is 75.3 Å². The molecule has 2 rings (SSSR count). The Morgan fingerprint density at radius 3 is 2.32 bits per heavy atom. The third-order valence-corrected chi connectivity index (χ3v) is 5.05. The van der Waals surface area contributed by atoms with Gasteiger partial charge in [-0.15, -0.1) is 0 Å². The maximum Gasteiger partial charge on any atom is 0.255 e. The molecule has 22 heavy (non-hydrogen) atoms. The predicted molar refractivity (Wildman–Crippen MR) is 86.8 cm³/mol. The monoisotopic (exact) mass is 338 g/mol. The van der Waals surface area contributed by atoms with Gasteiger partial charge in [0.2, 0.25) is 10.0 Å². The molecule has 0 atom stereocenters. The van der Waals surface area contributed by atoms with Gasteiger partial charge in [0.05, 0.1) is 4.90 Å². The summed E-state index contributed by atoms with van der Waals surface area (Å²) in [5, 5.41) is 3.31. The van der Waals surface area contributed by atoms with Gasteiger partial charge in [0, 0.05) is 16.3 Å². The Bertz CT molecular complexity index is 802. The van der Waals surface area contributed by atoms with E-state index in [1.54, 1.807) is 25.1 Å². The number of benzene rings is 2. The van der Waals surface area contributed by atoms with Crippen LogP contribution in [0.5, 0.6) is 0 Å². The third kappa shape index (κ3) is 3.47. The SMILES string of the molecule is CNS(=O)(=O)c1ccc(C(=O)Nc2cccc(Cl)c2C)cc1. The van der Waals surface area contributed by atoms with E-state index in [9.17, 15) is 13.2 Å². The molecule has 0 aliphatic heterocycles. The molecule has 2 aromatic carbocycles. The third-order valence-electron chi connectivity index (χ3n) is 3.21. The van der Waals surface area contributed by atoms with Crippen molar-refractivity contribution < 1.29 is 13.2 Å². The Kier molecular flexibility index (Phi) is 4.85. The number of amides is 1. The van der Waals surface area contributed by atoms with Crippen LogP contribution in [0.15, 0.2) is 47.4 Å². The van der Waals surface area contributed by atoms with Crippen molar-refractivity contribution in [2.24, 2.45) is 0 Å². The van der Waals surface area contributed by atoms with Crippen LogP contribution < -0.4 is 10.0 Å². The minimum atomic E-state index is -3.51. The lowest BCUT2D eigenvalue weighted by Gasteiger charge is -2.10. The van der Waals surface area contributed by atoms with Gasteiger partial charge >= 0.3 is 0 Å². The zero-order valence-electron chi connectivity index (χ0n) is 12.1. The van der Waals surface area contributed by atoms with Crippen molar-refractivity contribution >= 4 is 33.2 Å². The highest BCUT2D eigenvalue weighted by Crippen LogP contribution is 2.23. The van der Waals surface area contributed by atoms with E-state index in [1.165, 1.54) is 31.3 Å². The molecule has 0 bridgehead atoms. The quantitative estimate of drug-likeness (QED) is 0.900. The van der Waals surface area contributed by atoms with Crippen LogP contribution in [0.3, 0.4) is 0 Å². The van der Waals surface area contributed by atoms with Gasteiger partial charge in [-0.25, -0.2) is 13.1 Å². The molecular weight excluding hydrogens is 324 g/mol. The molecule has 7 heteroatoms. The van der Waals surface area contributed by atoms with Crippen molar-refractivity contribution in [1.29, 1.82) is 0 Å². The molecule has 2 N–H and O–H groups in total. The second kappa shape index (κ2) is 6.48. The number of hydrogen-bond acceptors (Lipinski definition) is 3. The average Bonchev–Trinajstić information content (AvgIpc) is 2.52. The number of rotatable bonds is 4. The maximum absolute atomic E-state index is 12.2. The zero-order valence-corrected chi connectivity index (χ0v) is 13.6. The lowest BCUT2D eigenvalue weighted by molar-refractivity contribution is 0.102. The van der Waals surface area contributed by atoms with Gasteiger partial charge in [-0.05, 0) is 55.9 Å². The largest absolute Gasteiger partial charge is 0.322 e. The summed E-state index contributed by atoms with van der Waals surface area (Å²) in [6.45, 7) is 1.81. The summed E-state index contributed by atoms with van der Waals surface area (Å²) >= 11 is 6.01. The minimum Gasteiger partial charge on any atom is -0.322 e. The van der Waals surface area contributed by atoms with Crippen molar-refractivity contribution in [2.45, 2.75) is 11.8 Å². The fourth-order valence-electron chi connectivity index (χ4n) is 1.84. The molecule has 0 aromatic heterocycles. The van der Waals surface area contributed by atoms with Gasteiger partial charge < -0.3 is 5.32 Å². The van der Waals surface area contributed by atoms with Gasteiger partial charge in [-0.3, -0.25) is 4.79 Å². The van der Waals surface area contributed by atoms with E-state index in [1.807, 2.05) is 0 Å². The van der Waals surface area contributed by atoms with Crippen LogP contribution in [0, 0.1) is 6.92 Å². The molecule has 0 aliphatic rings. The first kappa shape index (κ1) is 16.5.